The van der Waals surface area contributed by atoms with E-state index < -0.39 is 22.9 Å². The summed E-state index contributed by atoms with van der Waals surface area (Å²) in [5, 5.41) is 0. The van der Waals surface area contributed by atoms with Gasteiger partial charge in [-0.1, -0.05) is 19.1 Å². The summed E-state index contributed by atoms with van der Waals surface area (Å²) in [5.41, 5.74) is 0. The van der Waals surface area contributed by atoms with Gasteiger partial charge in [0.15, 0.2) is 11.6 Å². The van der Waals surface area contributed by atoms with Gasteiger partial charge in [0, 0.05) is 17.8 Å². The number of halogens is 2. The lowest BCUT2D eigenvalue weighted by Gasteiger charge is -2.00. The van der Waals surface area contributed by atoms with Crippen molar-refractivity contribution in [2.45, 2.75) is 6.92 Å². The van der Waals surface area contributed by atoms with Crippen molar-refractivity contribution in [3.05, 3.63) is 35.9 Å². The first kappa shape index (κ1) is 13.2. The van der Waals surface area contributed by atoms with Crippen molar-refractivity contribution in [1.82, 2.24) is 4.72 Å². The zero-order valence-corrected chi connectivity index (χ0v) is 8.31. The molecule has 0 heterocycles. The molecule has 0 saturated heterocycles. The maximum absolute atomic E-state index is 11.9. The van der Waals surface area contributed by atoms with Crippen molar-refractivity contribution in [2.75, 3.05) is 6.54 Å². The van der Waals surface area contributed by atoms with Crippen LogP contribution in [0.3, 0.4) is 0 Å². The lowest BCUT2D eigenvalue weighted by atomic mass is 10.3. The summed E-state index contributed by atoms with van der Waals surface area (Å²) >= 11 is -2.07. The molecule has 1 unspecified atom stereocenters. The Balaban J connectivity index is 0.000000255. The van der Waals surface area contributed by atoms with E-state index in [0.717, 1.165) is 12.1 Å². The highest BCUT2D eigenvalue weighted by Crippen LogP contribution is 2.01. The van der Waals surface area contributed by atoms with Crippen molar-refractivity contribution in [3.63, 3.8) is 0 Å². The maximum atomic E-state index is 11.9. The monoisotopic (exact) mass is 222 g/mol. The predicted molar refractivity (Wildman–Crippen MR) is 49.0 cm³/mol. The Kier molecular flexibility index (Phi) is 7.09. The van der Waals surface area contributed by atoms with Gasteiger partial charge in [-0.25, -0.2) is 13.5 Å². The molecule has 1 N–H and O–H groups in total. The lowest BCUT2D eigenvalue weighted by molar-refractivity contribution is 0.508. The van der Waals surface area contributed by atoms with Crippen molar-refractivity contribution in [3.8, 4) is 0 Å². The van der Waals surface area contributed by atoms with E-state index in [0.29, 0.717) is 6.54 Å². The van der Waals surface area contributed by atoms with E-state index in [2.05, 4.69) is 4.72 Å². The van der Waals surface area contributed by atoms with Gasteiger partial charge in [-0.2, -0.15) is 0 Å². The normalized spacial score (nSPS) is 11.4. The molecule has 0 fully saturated rings. The third-order valence-corrected chi connectivity index (χ3v) is 1.61. The molecular formula is C8H10F2NO2S-. The molecule has 0 saturated carbocycles. The van der Waals surface area contributed by atoms with Gasteiger partial charge in [-0.15, -0.1) is 0 Å². The molecule has 1 aromatic rings. The van der Waals surface area contributed by atoms with E-state index in [9.17, 15) is 17.5 Å². The highest BCUT2D eigenvalue weighted by Gasteiger charge is 1.93. The fraction of sp³-hybridized carbons (Fsp3) is 0.250. The van der Waals surface area contributed by atoms with Crippen LogP contribution < -0.4 is 4.72 Å². The molecule has 6 heteroatoms. The van der Waals surface area contributed by atoms with E-state index >= 15 is 0 Å². The Morgan fingerprint density at radius 1 is 1.36 bits per heavy atom. The van der Waals surface area contributed by atoms with E-state index in [1.54, 1.807) is 6.92 Å². The van der Waals surface area contributed by atoms with Crippen LogP contribution in [0.4, 0.5) is 8.78 Å². The quantitative estimate of drug-likeness (QED) is 0.768. The third kappa shape index (κ3) is 6.64. The number of benzene rings is 1. The van der Waals surface area contributed by atoms with Crippen molar-refractivity contribution in [1.29, 1.82) is 0 Å². The Morgan fingerprint density at radius 2 is 1.79 bits per heavy atom. The second kappa shape index (κ2) is 7.54. The fourth-order valence-corrected chi connectivity index (χ4v) is 0.793. The molecule has 0 amide bonds. The van der Waals surface area contributed by atoms with Gasteiger partial charge in [0.05, 0.1) is 0 Å². The minimum Gasteiger partial charge on any atom is -0.760 e. The predicted octanol–water partition coefficient (Wildman–Crippen LogP) is 1.35. The maximum Gasteiger partial charge on any atom is 0.158 e. The minimum atomic E-state index is -2.07. The van der Waals surface area contributed by atoms with Crippen LogP contribution in [0.15, 0.2) is 24.3 Å². The summed E-state index contributed by atoms with van der Waals surface area (Å²) in [6, 6.07) is 5.04. The molecule has 0 spiro atoms. The van der Waals surface area contributed by atoms with Crippen molar-refractivity contribution < 1.29 is 17.5 Å². The average Bonchev–Trinajstić information content (AvgIpc) is 2.11. The van der Waals surface area contributed by atoms with Crippen molar-refractivity contribution in [2.24, 2.45) is 0 Å². The van der Waals surface area contributed by atoms with Crippen LogP contribution in [0.25, 0.3) is 0 Å². The van der Waals surface area contributed by atoms with Crippen LogP contribution >= 0.6 is 0 Å². The molecule has 0 radical (unpaired) electrons. The molecule has 0 aliphatic heterocycles. The van der Waals surface area contributed by atoms with Crippen LogP contribution in [0.5, 0.6) is 0 Å². The minimum absolute atomic E-state index is 0.468. The van der Waals surface area contributed by atoms with Gasteiger partial charge in [-0.3, -0.25) is 4.21 Å². The Labute approximate surface area is 83.6 Å². The van der Waals surface area contributed by atoms with E-state index in [1.807, 2.05) is 0 Å². The first-order valence-electron chi connectivity index (χ1n) is 3.80. The zero-order valence-electron chi connectivity index (χ0n) is 7.50. The second-order valence-electron chi connectivity index (χ2n) is 2.15. The molecule has 14 heavy (non-hydrogen) atoms. The smallest absolute Gasteiger partial charge is 0.158 e. The number of hydrogen-bond donors (Lipinski definition) is 1. The highest BCUT2D eigenvalue weighted by atomic mass is 32.2. The Hall–Kier alpha value is -0.850. The topological polar surface area (TPSA) is 52.2 Å². The van der Waals surface area contributed by atoms with E-state index in [1.165, 1.54) is 12.1 Å². The van der Waals surface area contributed by atoms with E-state index in [-0.39, 0.29) is 0 Å². The molecule has 1 rings (SSSR count). The molecule has 0 aliphatic carbocycles. The van der Waals surface area contributed by atoms with Gasteiger partial charge in [0.25, 0.3) is 0 Å². The summed E-state index contributed by atoms with van der Waals surface area (Å²) in [7, 11) is 0. The van der Waals surface area contributed by atoms with Crippen molar-refractivity contribution >= 4 is 11.3 Å². The number of rotatable bonds is 2. The largest absolute Gasteiger partial charge is 0.760 e. The molecule has 1 atom stereocenters. The summed E-state index contributed by atoms with van der Waals surface area (Å²) in [4.78, 5) is 0. The van der Waals surface area contributed by atoms with Gasteiger partial charge in [0.1, 0.15) is 0 Å². The molecule has 1 aromatic carbocycles. The van der Waals surface area contributed by atoms with Gasteiger partial charge >= 0.3 is 0 Å². The average molecular weight is 222 g/mol. The molecule has 3 nitrogen and oxygen atoms in total. The van der Waals surface area contributed by atoms with Gasteiger partial charge in [0.2, 0.25) is 0 Å². The fourth-order valence-electron chi connectivity index (χ4n) is 0.557. The van der Waals surface area contributed by atoms with Crippen LogP contribution in [0, 0.1) is 11.6 Å². The molecule has 0 aliphatic rings. The molecular weight excluding hydrogens is 212 g/mol. The zero-order chi connectivity index (χ0) is 11.0. The second-order valence-corrected chi connectivity index (χ2v) is 2.90. The third-order valence-electron chi connectivity index (χ3n) is 1.09. The molecule has 0 bridgehead atoms. The summed E-state index contributed by atoms with van der Waals surface area (Å²) < 4.78 is 45.0. The first-order valence-corrected chi connectivity index (χ1v) is 4.88. The van der Waals surface area contributed by atoms with Crippen LogP contribution in [-0.4, -0.2) is 15.3 Å². The number of nitrogens with one attached hydrogen (secondary N) is 1. The Morgan fingerprint density at radius 3 is 1.93 bits per heavy atom. The standard InChI is InChI=1S/C6H4F2.C2H7NO2S/c7-5-3-1-2-4-6(5)8;1-2-3-6(4)5/h1-4H;3H,2H2,1H3,(H,4,5)/p-1. The highest BCUT2D eigenvalue weighted by molar-refractivity contribution is 7.77. The summed E-state index contributed by atoms with van der Waals surface area (Å²) in [6.45, 7) is 2.19. The summed E-state index contributed by atoms with van der Waals surface area (Å²) in [5.74, 6) is -1.60. The van der Waals surface area contributed by atoms with Gasteiger partial charge in [-0.05, 0) is 12.1 Å². The first-order chi connectivity index (χ1) is 6.57. The van der Waals surface area contributed by atoms with Crippen LogP contribution in [0.2, 0.25) is 0 Å². The van der Waals surface area contributed by atoms with Gasteiger partial charge < -0.3 is 4.55 Å². The lowest BCUT2D eigenvalue weighted by Crippen LogP contribution is -2.14. The molecule has 80 valence electrons. The molecule has 0 aromatic heterocycles. The summed E-state index contributed by atoms with van der Waals surface area (Å²) in [6.07, 6.45) is 0. The number of hydrogen-bond acceptors (Lipinski definition) is 2. The van der Waals surface area contributed by atoms with E-state index in [4.69, 9.17) is 0 Å². The van der Waals surface area contributed by atoms with Crippen LogP contribution in [0.1, 0.15) is 6.92 Å². The van der Waals surface area contributed by atoms with Crippen LogP contribution in [-0.2, 0) is 11.3 Å². The Bertz CT molecular complexity index is 275. The SMILES string of the molecule is CCNS(=O)[O-].Fc1ccccc1F.